The summed E-state index contributed by atoms with van der Waals surface area (Å²) in [5.74, 6) is 0.00266. The number of aliphatic hydroxyl groups is 2. The molecule has 0 aromatic heterocycles. The molecule has 2 aromatic carbocycles. The minimum absolute atomic E-state index is 0.00266. The van der Waals surface area contributed by atoms with Crippen LogP contribution in [0.25, 0.3) is 0 Å². The van der Waals surface area contributed by atoms with E-state index in [1.807, 2.05) is 48.5 Å². The molecule has 1 unspecified atom stereocenters. The maximum absolute atomic E-state index is 11.5. The van der Waals surface area contributed by atoms with Crippen LogP contribution < -0.4 is 5.32 Å². The molecule has 4 rings (SSSR count). The molecule has 0 aliphatic carbocycles. The summed E-state index contributed by atoms with van der Waals surface area (Å²) in [6, 6.07) is 15.5. The molecule has 5 nitrogen and oxygen atoms in total. The lowest BCUT2D eigenvalue weighted by atomic mass is 9.84. The maximum atomic E-state index is 11.5. The molecule has 2 heterocycles. The number of piperidine rings is 1. The number of hydrogen-bond acceptors (Lipinski definition) is 4. The molecule has 1 fully saturated rings. The molecule has 2 aliphatic heterocycles. The van der Waals surface area contributed by atoms with E-state index in [4.69, 9.17) is 0 Å². The summed E-state index contributed by atoms with van der Waals surface area (Å²) in [4.78, 5) is 13.7. The van der Waals surface area contributed by atoms with Gasteiger partial charge in [-0.15, -0.1) is 0 Å². The summed E-state index contributed by atoms with van der Waals surface area (Å²) >= 11 is 0. The number of carbonyl (C=O) groups excluding carboxylic acids is 1. The molecule has 0 saturated carbocycles. The lowest BCUT2D eigenvalue weighted by Gasteiger charge is -2.39. The van der Waals surface area contributed by atoms with Gasteiger partial charge in [-0.1, -0.05) is 42.5 Å². The molecule has 2 aliphatic rings. The van der Waals surface area contributed by atoms with Crippen LogP contribution in [0, 0.1) is 0 Å². The highest BCUT2D eigenvalue weighted by atomic mass is 16.3. The van der Waals surface area contributed by atoms with Crippen molar-refractivity contribution in [3.63, 3.8) is 0 Å². The van der Waals surface area contributed by atoms with E-state index in [-0.39, 0.29) is 5.91 Å². The Kier molecular flexibility index (Phi) is 4.53. The van der Waals surface area contributed by atoms with Crippen LogP contribution in [0.4, 0.5) is 5.69 Å². The number of fused-ring (bicyclic) bond motifs is 1. The number of aliphatic hydroxyl groups excluding tert-OH is 1. The molecular weight excluding hydrogens is 328 g/mol. The molecule has 0 spiro atoms. The second kappa shape index (κ2) is 6.83. The number of amides is 1. The van der Waals surface area contributed by atoms with Crippen molar-refractivity contribution >= 4 is 11.6 Å². The summed E-state index contributed by atoms with van der Waals surface area (Å²) in [5, 5.41) is 24.3. The van der Waals surface area contributed by atoms with Gasteiger partial charge in [0.25, 0.3) is 0 Å². The van der Waals surface area contributed by atoms with Crippen molar-refractivity contribution < 1.29 is 15.0 Å². The van der Waals surface area contributed by atoms with Gasteiger partial charge in [0.05, 0.1) is 18.1 Å². The van der Waals surface area contributed by atoms with Crippen molar-refractivity contribution in [2.45, 2.75) is 31.0 Å². The molecule has 0 radical (unpaired) electrons. The first-order valence-corrected chi connectivity index (χ1v) is 9.14. The van der Waals surface area contributed by atoms with Crippen LogP contribution in [0.1, 0.15) is 35.6 Å². The fraction of sp³-hybridized carbons (Fsp3) is 0.381. The Bertz CT molecular complexity index is 798. The Morgan fingerprint density at radius 3 is 2.58 bits per heavy atom. The first kappa shape index (κ1) is 17.2. The average Bonchev–Trinajstić information content (AvgIpc) is 3.03. The van der Waals surface area contributed by atoms with E-state index in [9.17, 15) is 15.0 Å². The van der Waals surface area contributed by atoms with Crippen molar-refractivity contribution in [1.82, 2.24) is 4.90 Å². The van der Waals surface area contributed by atoms with Crippen LogP contribution >= 0.6 is 0 Å². The average molecular weight is 352 g/mol. The van der Waals surface area contributed by atoms with Crippen LogP contribution in [-0.4, -0.2) is 40.7 Å². The van der Waals surface area contributed by atoms with Gasteiger partial charge in [-0.2, -0.15) is 0 Å². The van der Waals surface area contributed by atoms with Gasteiger partial charge in [0.1, 0.15) is 0 Å². The van der Waals surface area contributed by atoms with Gasteiger partial charge in [-0.25, -0.2) is 0 Å². The summed E-state index contributed by atoms with van der Waals surface area (Å²) in [7, 11) is 0. The quantitative estimate of drug-likeness (QED) is 0.789. The third-order valence-corrected chi connectivity index (χ3v) is 5.56. The Morgan fingerprint density at radius 2 is 1.85 bits per heavy atom. The first-order valence-electron chi connectivity index (χ1n) is 9.14. The van der Waals surface area contributed by atoms with Crippen LogP contribution in [0.5, 0.6) is 0 Å². The molecule has 2 aromatic rings. The van der Waals surface area contributed by atoms with Gasteiger partial charge in [-0.3, -0.25) is 4.79 Å². The summed E-state index contributed by atoms with van der Waals surface area (Å²) in [6.45, 7) is 2.02. The number of likely N-dealkylation sites (tertiary alicyclic amines) is 1. The fourth-order valence-corrected chi connectivity index (χ4v) is 3.95. The third-order valence-electron chi connectivity index (χ3n) is 5.56. The van der Waals surface area contributed by atoms with Gasteiger partial charge in [0.2, 0.25) is 5.91 Å². The number of rotatable bonds is 4. The number of benzene rings is 2. The number of nitrogens with one attached hydrogen (secondary N) is 1. The number of carbonyl (C=O) groups is 1. The second-order valence-electron chi connectivity index (χ2n) is 7.36. The summed E-state index contributed by atoms with van der Waals surface area (Å²) < 4.78 is 0. The Balaban J connectivity index is 1.37. The smallest absolute Gasteiger partial charge is 0.228 e. The predicted molar refractivity (Wildman–Crippen MR) is 99.7 cm³/mol. The lowest BCUT2D eigenvalue weighted by Crippen LogP contribution is -2.43. The molecule has 3 N–H and O–H groups in total. The van der Waals surface area contributed by atoms with Crippen LogP contribution in [-0.2, 0) is 16.8 Å². The van der Waals surface area contributed by atoms with E-state index in [0.717, 1.165) is 35.5 Å². The standard InChI is InChI=1S/C21H24N2O3/c24-19(15-6-7-18-16(12-15)13-20(25)22-18)14-23-10-8-21(26,9-11-23)17-4-2-1-3-5-17/h1-7,12,19,24,26H,8-11,13-14H2,(H,22,25). The number of anilines is 1. The Hall–Kier alpha value is -2.21. The van der Waals surface area contributed by atoms with E-state index in [0.29, 0.717) is 25.8 Å². The van der Waals surface area contributed by atoms with E-state index in [1.165, 1.54) is 0 Å². The molecule has 136 valence electrons. The topological polar surface area (TPSA) is 72.8 Å². The normalized spacial score (nSPS) is 20.5. The van der Waals surface area contributed by atoms with E-state index in [1.54, 1.807) is 0 Å². The Morgan fingerprint density at radius 1 is 1.12 bits per heavy atom. The molecule has 1 saturated heterocycles. The predicted octanol–water partition coefficient (Wildman–Crippen LogP) is 2.20. The molecule has 5 heteroatoms. The monoisotopic (exact) mass is 352 g/mol. The zero-order valence-electron chi connectivity index (χ0n) is 14.7. The third kappa shape index (κ3) is 3.38. The highest BCUT2D eigenvalue weighted by Gasteiger charge is 2.34. The molecule has 1 atom stereocenters. The lowest BCUT2D eigenvalue weighted by molar-refractivity contribution is -0.115. The van der Waals surface area contributed by atoms with E-state index in [2.05, 4.69) is 10.2 Å². The highest BCUT2D eigenvalue weighted by Crippen LogP contribution is 2.33. The van der Waals surface area contributed by atoms with Crippen molar-refractivity contribution in [3.05, 3.63) is 65.2 Å². The summed E-state index contributed by atoms with van der Waals surface area (Å²) in [6.07, 6.45) is 1.10. The zero-order chi connectivity index (χ0) is 18.1. The van der Waals surface area contributed by atoms with Crippen molar-refractivity contribution in [2.75, 3.05) is 25.0 Å². The summed E-state index contributed by atoms with van der Waals surface area (Å²) in [5.41, 5.74) is 2.82. The van der Waals surface area contributed by atoms with E-state index >= 15 is 0 Å². The first-order chi connectivity index (χ1) is 12.5. The van der Waals surface area contributed by atoms with Crippen LogP contribution in [0.3, 0.4) is 0 Å². The number of hydrogen-bond donors (Lipinski definition) is 3. The SMILES string of the molecule is O=C1Cc2cc(C(O)CN3CCC(O)(c4ccccc4)CC3)ccc2N1. The minimum atomic E-state index is -0.775. The number of nitrogens with zero attached hydrogens (tertiary/aromatic N) is 1. The minimum Gasteiger partial charge on any atom is -0.387 e. The zero-order valence-corrected chi connectivity index (χ0v) is 14.7. The van der Waals surface area contributed by atoms with E-state index < -0.39 is 11.7 Å². The van der Waals surface area contributed by atoms with Gasteiger partial charge in [-0.05, 0) is 35.6 Å². The largest absolute Gasteiger partial charge is 0.387 e. The van der Waals surface area contributed by atoms with Gasteiger partial charge < -0.3 is 20.4 Å². The fourth-order valence-electron chi connectivity index (χ4n) is 3.95. The van der Waals surface area contributed by atoms with Crippen LogP contribution in [0.15, 0.2) is 48.5 Å². The van der Waals surface area contributed by atoms with Gasteiger partial charge in [0.15, 0.2) is 0 Å². The van der Waals surface area contributed by atoms with Crippen molar-refractivity contribution in [1.29, 1.82) is 0 Å². The highest BCUT2D eigenvalue weighted by molar-refractivity contribution is 5.99. The molecule has 0 bridgehead atoms. The van der Waals surface area contributed by atoms with Crippen LogP contribution in [0.2, 0.25) is 0 Å². The molecule has 26 heavy (non-hydrogen) atoms. The van der Waals surface area contributed by atoms with Gasteiger partial charge in [0, 0.05) is 25.3 Å². The second-order valence-corrected chi connectivity index (χ2v) is 7.36. The van der Waals surface area contributed by atoms with Crippen molar-refractivity contribution in [3.8, 4) is 0 Å². The maximum Gasteiger partial charge on any atom is 0.228 e. The Labute approximate surface area is 153 Å². The molecular formula is C21H24N2O3. The number of β-amino-alcohol motifs (C(OH)–C–C–N with tert-alkyl or cyclic N) is 1. The van der Waals surface area contributed by atoms with Crippen molar-refractivity contribution in [2.24, 2.45) is 0 Å². The van der Waals surface area contributed by atoms with Gasteiger partial charge >= 0.3 is 0 Å². The molecule has 1 amide bonds.